The molecule has 2 aromatic rings. The van der Waals surface area contributed by atoms with Crippen LogP contribution < -0.4 is 20.7 Å². The molecule has 2 N–H and O–H groups in total. The SMILES string of the molecule is Cc1ccnc(Oc2ccc3c(c2Br)NNN3CC(C)(C)C)c1. The van der Waals surface area contributed by atoms with Crippen LogP contribution in [0, 0.1) is 12.3 Å². The van der Waals surface area contributed by atoms with Crippen molar-refractivity contribution in [2.45, 2.75) is 27.7 Å². The number of aromatic nitrogens is 1. The third-order valence-electron chi connectivity index (χ3n) is 3.43. The van der Waals surface area contributed by atoms with E-state index < -0.39 is 0 Å². The molecule has 2 heterocycles. The Bertz CT molecular complexity index is 727. The average molecular weight is 377 g/mol. The van der Waals surface area contributed by atoms with Gasteiger partial charge < -0.3 is 10.2 Å². The highest BCUT2D eigenvalue weighted by molar-refractivity contribution is 9.10. The molecule has 122 valence electrons. The number of hydrogen-bond acceptors (Lipinski definition) is 5. The molecule has 0 spiro atoms. The summed E-state index contributed by atoms with van der Waals surface area (Å²) in [5.74, 6) is 1.32. The quantitative estimate of drug-likeness (QED) is 0.816. The van der Waals surface area contributed by atoms with Crippen LogP contribution in [0.2, 0.25) is 0 Å². The van der Waals surface area contributed by atoms with E-state index in [9.17, 15) is 0 Å². The second-order valence-corrected chi connectivity index (χ2v) is 7.72. The normalized spacial score (nSPS) is 13.7. The van der Waals surface area contributed by atoms with Crippen molar-refractivity contribution < 1.29 is 4.74 Å². The largest absolute Gasteiger partial charge is 0.438 e. The minimum absolute atomic E-state index is 0.184. The van der Waals surface area contributed by atoms with Gasteiger partial charge in [0.2, 0.25) is 5.88 Å². The van der Waals surface area contributed by atoms with E-state index in [1.807, 2.05) is 31.2 Å². The lowest BCUT2D eigenvalue weighted by Crippen LogP contribution is -2.41. The smallest absolute Gasteiger partial charge is 0.219 e. The Kier molecular flexibility index (Phi) is 4.21. The molecule has 0 unspecified atom stereocenters. The van der Waals surface area contributed by atoms with Crippen LogP contribution in [0.25, 0.3) is 0 Å². The van der Waals surface area contributed by atoms with Crippen molar-refractivity contribution in [1.29, 1.82) is 0 Å². The first-order valence-corrected chi connectivity index (χ1v) is 8.35. The van der Waals surface area contributed by atoms with E-state index in [2.05, 4.69) is 57.7 Å². The van der Waals surface area contributed by atoms with Crippen molar-refractivity contribution in [3.05, 3.63) is 40.5 Å². The van der Waals surface area contributed by atoms with E-state index in [0.717, 1.165) is 33.7 Å². The molecular weight excluding hydrogens is 356 g/mol. The van der Waals surface area contributed by atoms with Crippen LogP contribution >= 0.6 is 15.9 Å². The van der Waals surface area contributed by atoms with Crippen molar-refractivity contribution in [2.75, 3.05) is 17.0 Å². The van der Waals surface area contributed by atoms with E-state index >= 15 is 0 Å². The van der Waals surface area contributed by atoms with Gasteiger partial charge in [-0.15, -0.1) is 5.53 Å². The molecule has 0 saturated carbocycles. The van der Waals surface area contributed by atoms with E-state index in [1.54, 1.807) is 6.20 Å². The van der Waals surface area contributed by atoms with Gasteiger partial charge in [-0.1, -0.05) is 20.8 Å². The second kappa shape index (κ2) is 6.02. The predicted octanol–water partition coefficient (Wildman–Crippen LogP) is 4.64. The van der Waals surface area contributed by atoms with Crippen LogP contribution in [0.4, 0.5) is 11.4 Å². The fourth-order valence-corrected chi connectivity index (χ4v) is 2.94. The van der Waals surface area contributed by atoms with Gasteiger partial charge in [-0.25, -0.2) is 4.98 Å². The van der Waals surface area contributed by atoms with Crippen LogP contribution in [-0.4, -0.2) is 11.5 Å². The molecule has 0 saturated heterocycles. The number of aryl methyl sites for hydroxylation is 1. The predicted molar refractivity (Wildman–Crippen MR) is 96.7 cm³/mol. The zero-order chi connectivity index (χ0) is 16.6. The van der Waals surface area contributed by atoms with Gasteiger partial charge in [0.1, 0.15) is 5.75 Å². The standard InChI is InChI=1S/C17H21BrN4O/c1-11-7-8-19-14(9-11)23-13-6-5-12-16(15(13)18)20-21-22(12)10-17(2,3)4/h5-9,20-21H,10H2,1-4H3. The molecule has 0 fully saturated rings. The Hall–Kier alpha value is -1.79. The molecule has 1 aliphatic rings. The number of ether oxygens (including phenoxy) is 1. The number of benzene rings is 1. The number of rotatable bonds is 3. The van der Waals surface area contributed by atoms with Crippen LogP contribution in [-0.2, 0) is 0 Å². The van der Waals surface area contributed by atoms with E-state index in [-0.39, 0.29) is 5.41 Å². The molecule has 0 aliphatic carbocycles. The zero-order valence-corrected chi connectivity index (χ0v) is 15.4. The summed E-state index contributed by atoms with van der Waals surface area (Å²) in [6.45, 7) is 9.54. The van der Waals surface area contributed by atoms with Crippen LogP contribution in [0.3, 0.4) is 0 Å². The number of nitrogens with zero attached hydrogens (tertiary/aromatic N) is 2. The third kappa shape index (κ3) is 3.59. The lowest BCUT2D eigenvalue weighted by atomic mass is 9.96. The summed E-state index contributed by atoms with van der Waals surface area (Å²) in [7, 11) is 0. The Morgan fingerprint density at radius 2 is 2.04 bits per heavy atom. The fraction of sp³-hybridized carbons (Fsp3) is 0.353. The fourth-order valence-electron chi connectivity index (χ4n) is 2.43. The second-order valence-electron chi connectivity index (χ2n) is 6.93. The minimum atomic E-state index is 0.184. The molecule has 0 bridgehead atoms. The number of halogens is 1. The maximum absolute atomic E-state index is 5.91. The summed E-state index contributed by atoms with van der Waals surface area (Å²) in [6, 6.07) is 7.86. The molecule has 23 heavy (non-hydrogen) atoms. The first-order valence-electron chi connectivity index (χ1n) is 7.56. The molecule has 1 aromatic heterocycles. The van der Waals surface area contributed by atoms with E-state index in [0.29, 0.717) is 5.88 Å². The van der Waals surface area contributed by atoms with Crippen LogP contribution in [0.5, 0.6) is 11.6 Å². The van der Waals surface area contributed by atoms with Gasteiger partial charge >= 0.3 is 0 Å². The molecule has 5 nitrogen and oxygen atoms in total. The van der Waals surface area contributed by atoms with Crippen molar-refractivity contribution in [2.24, 2.45) is 5.41 Å². The Morgan fingerprint density at radius 1 is 1.26 bits per heavy atom. The average Bonchev–Trinajstić information content (AvgIpc) is 2.84. The molecule has 0 radical (unpaired) electrons. The summed E-state index contributed by atoms with van der Waals surface area (Å²) in [4.78, 5) is 4.24. The Morgan fingerprint density at radius 3 is 2.74 bits per heavy atom. The number of nitrogens with one attached hydrogen (secondary N) is 2. The first kappa shape index (κ1) is 16.1. The number of hydrazine groups is 2. The number of fused-ring (bicyclic) bond motifs is 1. The highest BCUT2D eigenvalue weighted by Crippen LogP contribution is 2.43. The Balaban J connectivity index is 1.86. The molecular formula is C17H21BrN4O. The molecule has 1 aliphatic heterocycles. The van der Waals surface area contributed by atoms with Crippen molar-refractivity contribution in [1.82, 2.24) is 10.5 Å². The van der Waals surface area contributed by atoms with Gasteiger partial charge in [0.25, 0.3) is 0 Å². The van der Waals surface area contributed by atoms with Crippen molar-refractivity contribution in [3.8, 4) is 11.6 Å². The molecule has 0 atom stereocenters. The molecule has 1 aromatic carbocycles. The molecule has 3 rings (SSSR count). The highest BCUT2D eigenvalue weighted by Gasteiger charge is 2.26. The zero-order valence-electron chi connectivity index (χ0n) is 13.8. The minimum Gasteiger partial charge on any atom is -0.438 e. The van der Waals surface area contributed by atoms with Crippen LogP contribution in [0.15, 0.2) is 34.9 Å². The Labute approximate surface area is 145 Å². The van der Waals surface area contributed by atoms with E-state index in [4.69, 9.17) is 4.74 Å². The maximum Gasteiger partial charge on any atom is 0.219 e. The summed E-state index contributed by atoms with van der Waals surface area (Å²) < 4.78 is 6.78. The van der Waals surface area contributed by atoms with Crippen molar-refractivity contribution in [3.63, 3.8) is 0 Å². The third-order valence-corrected chi connectivity index (χ3v) is 4.22. The highest BCUT2D eigenvalue weighted by atomic mass is 79.9. The van der Waals surface area contributed by atoms with Crippen LogP contribution in [0.1, 0.15) is 26.3 Å². The van der Waals surface area contributed by atoms with Gasteiger partial charge in [0, 0.05) is 18.8 Å². The number of anilines is 2. The van der Waals surface area contributed by atoms with Gasteiger partial charge in [0.05, 0.1) is 15.8 Å². The lowest BCUT2D eigenvalue weighted by molar-refractivity contribution is 0.400. The summed E-state index contributed by atoms with van der Waals surface area (Å²) in [5, 5.41) is 2.11. The van der Waals surface area contributed by atoms with Gasteiger partial charge in [0.15, 0.2) is 0 Å². The maximum atomic E-state index is 5.91. The van der Waals surface area contributed by atoms with E-state index in [1.165, 1.54) is 0 Å². The number of pyridine rings is 1. The van der Waals surface area contributed by atoms with Gasteiger partial charge in [-0.2, -0.15) is 0 Å². The van der Waals surface area contributed by atoms with Gasteiger partial charge in [-0.3, -0.25) is 5.01 Å². The van der Waals surface area contributed by atoms with Crippen molar-refractivity contribution >= 4 is 27.3 Å². The monoisotopic (exact) mass is 376 g/mol. The number of hydrogen-bond donors (Lipinski definition) is 2. The lowest BCUT2D eigenvalue weighted by Gasteiger charge is -2.27. The summed E-state index contributed by atoms with van der Waals surface area (Å²) in [5.41, 5.74) is 9.77. The molecule has 0 amide bonds. The summed E-state index contributed by atoms with van der Waals surface area (Å²) >= 11 is 3.63. The van der Waals surface area contributed by atoms with Gasteiger partial charge in [-0.05, 0) is 52.0 Å². The topological polar surface area (TPSA) is 49.4 Å². The first-order chi connectivity index (χ1) is 10.8. The summed E-state index contributed by atoms with van der Waals surface area (Å²) in [6.07, 6.45) is 1.75. The molecule has 6 heteroatoms.